The Kier molecular flexibility index (Phi) is 4.83. The molecule has 84 valence electrons. The molecule has 0 heterocycles. The van der Waals surface area contributed by atoms with Crippen LogP contribution in [0.4, 0.5) is 0 Å². The van der Waals surface area contributed by atoms with E-state index in [2.05, 4.69) is 45.0 Å². The van der Waals surface area contributed by atoms with Gasteiger partial charge in [0.1, 0.15) is 0 Å². The first-order valence-electron chi connectivity index (χ1n) is 5.96. The summed E-state index contributed by atoms with van der Waals surface area (Å²) in [5.74, 6) is 1.25. The third-order valence-corrected chi connectivity index (χ3v) is 2.84. The normalized spacial score (nSPS) is 13.1. The van der Waals surface area contributed by atoms with Gasteiger partial charge in [-0.05, 0) is 42.3 Å². The van der Waals surface area contributed by atoms with Crippen molar-refractivity contribution in [2.24, 2.45) is 11.7 Å². The lowest BCUT2D eigenvalue weighted by Gasteiger charge is -2.14. The average Bonchev–Trinajstić information content (AvgIpc) is 2.19. The molecule has 1 nitrogen and oxygen atoms in total. The molecular formula is C14H23N. The average molecular weight is 205 g/mol. The van der Waals surface area contributed by atoms with Crippen LogP contribution in [0.15, 0.2) is 24.3 Å². The molecular weight excluding hydrogens is 182 g/mol. The van der Waals surface area contributed by atoms with Gasteiger partial charge in [0.15, 0.2) is 0 Å². The van der Waals surface area contributed by atoms with Gasteiger partial charge in [0.2, 0.25) is 0 Å². The van der Waals surface area contributed by atoms with Gasteiger partial charge in [0.05, 0.1) is 0 Å². The molecule has 2 N–H and O–H groups in total. The van der Waals surface area contributed by atoms with Gasteiger partial charge in [0, 0.05) is 0 Å². The second-order valence-corrected chi connectivity index (χ2v) is 4.68. The number of hydrogen-bond donors (Lipinski definition) is 1. The second kappa shape index (κ2) is 5.92. The number of hydrogen-bond acceptors (Lipinski definition) is 1. The summed E-state index contributed by atoms with van der Waals surface area (Å²) in [6, 6.07) is 8.89. The zero-order chi connectivity index (χ0) is 11.3. The van der Waals surface area contributed by atoms with Crippen molar-refractivity contribution < 1.29 is 0 Å². The van der Waals surface area contributed by atoms with E-state index in [9.17, 15) is 0 Å². The van der Waals surface area contributed by atoms with Crippen LogP contribution < -0.4 is 5.73 Å². The molecule has 0 aromatic heterocycles. The molecule has 1 heteroatoms. The van der Waals surface area contributed by atoms with Crippen molar-refractivity contribution in [2.45, 2.75) is 39.5 Å². The molecule has 0 aliphatic rings. The van der Waals surface area contributed by atoms with E-state index < -0.39 is 0 Å². The molecule has 1 aromatic rings. The van der Waals surface area contributed by atoms with Crippen molar-refractivity contribution in [2.75, 3.05) is 6.54 Å². The monoisotopic (exact) mass is 205 g/mol. The molecule has 1 atom stereocenters. The fraction of sp³-hybridized carbons (Fsp3) is 0.571. The van der Waals surface area contributed by atoms with Crippen LogP contribution >= 0.6 is 0 Å². The molecule has 1 rings (SSSR count). The molecule has 0 amide bonds. The maximum atomic E-state index is 5.77. The van der Waals surface area contributed by atoms with Crippen LogP contribution in [0.2, 0.25) is 0 Å². The van der Waals surface area contributed by atoms with Gasteiger partial charge in [-0.2, -0.15) is 0 Å². The minimum absolute atomic E-state index is 0.525. The van der Waals surface area contributed by atoms with E-state index in [1.807, 2.05) is 0 Å². The highest BCUT2D eigenvalue weighted by Gasteiger charge is 2.07. The van der Waals surface area contributed by atoms with Crippen LogP contribution in [0.25, 0.3) is 0 Å². The van der Waals surface area contributed by atoms with Gasteiger partial charge in [-0.25, -0.2) is 0 Å². The zero-order valence-corrected chi connectivity index (χ0v) is 10.2. The quantitative estimate of drug-likeness (QED) is 0.784. The van der Waals surface area contributed by atoms with E-state index in [0.29, 0.717) is 5.92 Å². The standard InChI is InChI=1S/C14H23N/c1-4-13(10-15)14-7-5-6-12(9-14)8-11(2)3/h5-7,9,11,13H,4,8,10,15H2,1-3H3. The summed E-state index contributed by atoms with van der Waals surface area (Å²) in [5, 5.41) is 0. The first kappa shape index (κ1) is 12.3. The van der Waals surface area contributed by atoms with Crippen molar-refractivity contribution >= 4 is 0 Å². The van der Waals surface area contributed by atoms with Crippen molar-refractivity contribution in [3.8, 4) is 0 Å². The third-order valence-electron chi connectivity index (χ3n) is 2.84. The molecule has 0 saturated carbocycles. The molecule has 1 unspecified atom stereocenters. The van der Waals surface area contributed by atoms with Crippen LogP contribution in [0.3, 0.4) is 0 Å². The maximum Gasteiger partial charge on any atom is -0.000834 e. The first-order valence-corrected chi connectivity index (χ1v) is 5.96. The summed E-state index contributed by atoms with van der Waals surface area (Å²) in [5.41, 5.74) is 8.61. The van der Waals surface area contributed by atoms with Crippen molar-refractivity contribution in [3.63, 3.8) is 0 Å². The number of benzene rings is 1. The maximum absolute atomic E-state index is 5.77. The summed E-state index contributed by atoms with van der Waals surface area (Å²) >= 11 is 0. The zero-order valence-electron chi connectivity index (χ0n) is 10.2. The highest BCUT2D eigenvalue weighted by atomic mass is 14.5. The summed E-state index contributed by atoms with van der Waals surface area (Å²) in [4.78, 5) is 0. The lowest BCUT2D eigenvalue weighted by molar-refractivity contribution is 0.641. The fourth-order valence-corrected chi connectivity index (χ4v) is 1.98. The second-order valence-electron chi connectivity index (χ2n) is 4.68. The molecule has 1 aromatic carbocycles. The predicted molar refractivity (Wildman–Crippen MR) is 67.1 cm³/mol. The molecule has 0 aliphatic carbocycles. The highest BCUT2D eigenvalue weighted by molar-refractivity contribution is 5.27. The van der Waals surface area contributed by atoms with Crippen molar-refractivity contribution in [1.82, 2.24) is 0 Å². The molecule has 0 saturated heterocycles. The third kappa shape index (κ3) is 3.67. The fourth-order valence-electron chi connectivity index (χ4n) is 1.98. The van der Waals surface area contributed by atoms with Gasteiger partial charge in [-0.1, -0.05) is 45.0 Å². The van der Waals surface area contributed by atoms with Crippen LogP contribution in [0, 0.1) is 5.92 Å². The summed E-state index contributed by atoms with van der Waals surface area (Å²) in [6.07, 6.45) is 2.29. The lowest BCUT2D eigenvalue weighted by Crippen LogP contribution is -2.11. The van der Waals surface area contributed by atoms with Crippen molar-refractivity contribution in [3.05, 3.63) is 35.4 Å². The van der Waals surface area contributed by atoms with E-state index in [4.69, 9.17) is 5.73 Å². The topological polar surface area (TPSA) is 26.0 Å². The summed E-state index contributed by atoms with van der Waals surface area (Å²) in [6.45, 7) is 7.47. The van der Waals surface area contributed by atoms with E-state index >= 15 is 0 Å². The van der Waals surface area contributed by atoms with E-state index in [1.54, 1.807) is 0 Å². The Morgan fingerprint density at radius 2 is 2.00 bits per heavy atom. The molecule has 0 spiro atoms. The molecule has 0 bridgehead atoms. The van der Waals surface area contributed by atoms with E-state index in [-0.39, 0.29) is 0 Å². The number of nitrogens with two attached hydrogens (primary N) is 1. The van der Waals surface area contributed by atoms with E-state index in [1.165, 1.54) is 11.1 Å². The SMILES string of the molecule is CCC(CN)c1cccc(CC(C)C)c1. The molecule has 0 aliphatic heterocycles. The highest BCUT2D eigenvalue weighted by Crippen LogP contribution is 2.20. The minimum atomic E-state index is 0.525. The van der Waals surface area contributed by atoms with Crippen LogP contribution in [-0.2, 0) is 6.42 Å². The molecule has 15 heavy (non-hydrogen) atoms. The van der Waals surface area contributed by atoms with Crippen molar-refractivity contribution in [1.29, 1.82) is 0 Å². The Morgan fingerprint density at radius 1 is 1.27 bits per heavy atom. The first-order chi connectivity index (χ1) is 7.17. The predicted octanol–water partition coefficient (Wildman–Crippen LogP) is 3.34. The Morgan fingerprint density at radius 3 is 2.53 bits per heavy atom. The minimum Gasteiger partial charge on any atom is -0.330 e. The van der Waals surface area contributed by atoms with Gasteiger partial charge in [-0.3, -0.25) is 0 Å². The molecule has 0 radical (unpaired) electrons. The Bertz CT molecular complexity index is 287. The van der Waals surface area contributed by atoms with Crippen LogP contribution in [0.5, 0.6) is 0 Å². The van der Waals surface area contributed by atoms with E-state index in [0.717, 1.165) is 25.3 Å². The largest absolute Gasteiger partial charge is 0.330 e. The Hall–Kier alpha value is -0.820. The van der Waals surface area contributed by atoms with Gasteiger partial charge in [0.25, 0.3) is 0 Å². The van der Waals surface area contributed by atoms with Crippen LogP contribution in [-0.4, -0.2) is 6.54 Å². The Labute approximate surface area is 93.7 Å². The van der Waals surface area contributed by atoms with Gasteiger partial charge < -0.3 is 5.73 Å². The smallest absolute Gasteiger partial charge is 0.000834 e. The van der Waals surface area contributed by atoms with Crippen LogP contribution in [0.1, 0.15) is 44.2 Å². The number of rotatable bonds is 5. The summed E-state index contributed by atoms with van der Waals surface area (Å²) < 4.78 is 0. The summed E-state index contributed by atoms with van der Waals surface area (Å²) in [7, 11) is 0. The van der Waals surface area contributed by atoms with Gasteiger partial charge >= 0.3 is 0 Å². The molecule has 0 fully saturated rings. The lowest BCUT2D eigenvalue weighted by atomic mass is 9.93. The Balaban J connectivity index is 2.81. The van der Waals surface area contributed by atoms with Gasteiger partial charge in [-0.15, -0.1) is 0 Å².